The number of amides is 1. The summed E-state index contributed by atoms with van der Waals surface area (Å²) in [7, 11) is 5.79. The smallest absolute Gasteiger partial charge is 0.227 e. The number of likely N-dealkylation sites (N-methyl/N-ethyl adjacent to an activating group) is 1. The fourth-order valence-electron chi connectivity index (χ4n) is 2.55. The second kappa shape index (κ2) is 6.50. The molecular weight excluding hydrogens is 258 g/mol. The van der Waals surface area contributed by atoms with Crippen LogP contribution in [0, 0.1) is 5.92 Å². The fraction of sp³-hybridized carbons (Fsp3) is 0.643. The van der Waals surface area contributed by atoms with E-state index in [0.717, 1.165) is 32.7 Å². The van der Waals surface area contributed by atoms with Crippen LogP contribution >= 0.6 is 11.3 Å². The average Bonchev–Trinajstić information content (AvgIpc) is 2.79. The molecule has 1 amide bonds. The van der Waals surface area contributed by atoms with Gasteiger partial charge in [0.2, 0.25) is 5.91 Å². The van der Waals surface area contributed by atoms with Crippen LogP contribution in [0.3, 0.4) is 0 Å². The monoisotopic (exact) mass is 281 g/mol. The van der Waals surface area contributed by atoms with Crippen molar-refractivity contribution < 1.29 is 4.79 Å². The summed E-state index contributed by atoms with van der Waals surface area (Å²) in [4.78, 5) is 18.6. The summed E-state index contributed by atoms with van der Waals surface area (Å²) in [5.41, 5.74) is 1.35. The van der Waals surface area contributed by atoms with E-state index in [1.165, 1.54) is 5.56 Å². The molecule has 2 heterocycles. The van der Waals surface area contributed by atoms with E-state index in [-0.39, 0.29) is 11.8 Å². The van der Waals surface area contributed by atoms with Gasteiger partial charge in [-0.2, -0.15) is 11.3 Å². The van der Waals surface area contributed by atoms with Crippen LogP contribution < -0.4 is 0 Å². The van der Waals surface area contributed by atoms with Crippen LogP contribution in [0.5, 0.6) is 0 Å². The molecule has 1 aromatic heterocycles. The number of thiophene rings is 1. The van der Waals surface area contributed by atoms with E-state index in [0.29, 0.717) is 0 Å². The molecule has 4 nitrogen and oxygen atoms in total. The summed E-state index contributed by atoms with van der Waals surface area (Å²) in [5.74, 6) is 0.324. The predicted molar refractivity (Wildman–Crippen MR) is 79.3 cm³/mol. The molecule has 106 valence electrons. The van der Waals surface area contributed by atoms with Crippen molar-refractivity contribution in [2.24, 2.45) is 5.92 Å². The quantitative estimate of drug-likeness (QED) is 0.833. The third-order valence-corrected chi connectivity index (χ3v) is 4.32. The molecule has 0 spiro atoms. The van der Waals surface area contributed by atoms with Gasteiger partial charge in [-0.15, -0.1) is 0 Å². The van der Waals surface area contributed by atoms with Crippen LogP contribution in [-0.2, 0) is 11.3 Å². The first-order valence-electron chi connectivity index (χ1n) is 6.69. The molecule has 0 bridgehead atoms. The summed E-state index contributed by atoms with van der Waals surface area (Å²) in [6, 6.07) is 2.17. The first kappa shape index (κ1) is 14.5. The molecule has 0 unspecified atom stereocenters. The fourth-order valence-corrected chi connectivity index (χ4v) is 3.21. The molecule has 0 N–H and O–H groups in total. The maximum absolute atomic E-state index is 12.2. The predicted octanol–water partition coefficient (Wildman–Crippen LogP) is 1.20. The Morgan fingerprint density at radius 3 is 2.84 bits per heavy atom. The lowest BCUT2D eigenvalue weighted by atomic mass is 10.1. The van der Waals surface area contributed by atoms with Gasteiger partial charge in [-0.05, 0) is 29.4 Å². The normalized spacial score (nSPS) is 22.2. The highest BCUT2D eigenvalue weighted by molar-refractivity contribution is 7.07. The maximum Gasteiger partial charge on any atom is 0.227 e. The number of carbonyl (C=O) groups excluding carboxylic acids is 1. The molecule has 0 radical (unpaired) electrons. The zero-order chi connectivity index (χ0) is 13.8. The van der Waals surface area contributed by atoms with E-state index in [1.807, 2.05) is 14.1 Å². The SMILES string of the molecule is CN1CCN(Cc2ccsc2)C[C@H](C(=O)N(C)C)C1. The van der Waals surface area contributed by atoms with Crippen LogP contribution in [0.2, 0.25) is 0 Å². The van der Waals surface area contributed by atoms with Gasteiger partial charge in [0.05, 0.1) is 5.92 Å². The average molecular weight is 281 g/mol. The zero-order valence-electron chi connectivity index (χ0n) is 12.0. The Kier molecular flexibility index (Phi) is 4.96. The van der Waals surface area contributed by atoms with E-state index in [1.54, 1.807) is 16.2 Å². The second-order valence-corrected chi connectivity index (χ2v) is 6.34. The topological polar surface area (TPSA) is 26.8 Å². The van der Waals surface area contributed by atoms with Crippen molar-refractivity contribution in [2.75, 3.05) is 47.3 Å². The zero-order valence-corrected chi connectivity index (χ0v) is 12.8. The van der Waals surface area contributed by atoms with Crippen LogP contribution in [0.4, 0.5) is 0 Å². The molecule has 19 heavy (non-hydrogen) atoms. The standard InChI is InChI=1S/C14H23N3OS/c1-15(2)14(18)13-9-16(3)5-6-17(10-13)8-12-4-7-19-11-12/h4,7,11,13H,5-6,8-10H2,1-3H3/t13-/m1/s1. The van der Waals surface area contributed by atoms with Gasteiger partial charge in [0.25, 0.3) is 0 Å². The molecule has 1 aliphatic heterocycles. The molecule has 1 saturated heterocycles. The van der Waals surface area contributed by atoms with Gasteiger partial charge in [-0.1, -0.05) is 0 Å². The Labute approximate surface area is 119 Å². The van der Waals surface area contributed by atoms with Crippen molar-refractivity contribution in [3.63, 3.8) is 0 Å². The van der Waals surface area contributed by atoms with Crippen molar-refractivity contribution in [1.29, 1.82) is 0 Å². The summed E-state index contributed by atoms with van der Waals surface area (Å²) < 4.78 is 0. The molecule has 5 heteroatoms. The Balaban J connectivity index is 2.02. The van der Waals surface area contributed by atoms with E-state index in [9.17, 15) is 4.79 Å². The minimum absolute atomic E-state index is 0.0844. The van der Waals surface area contributed by atoms with Gasteiger partial charge in [0.1, 0.15) is 0 Å². The second-order valence-electron chi connectivity index (χ2n) is 5.56. The summed E-state index contributed by atoms with van der Waals surface area (Å²) in [5, 5.41) is 4.30. The van der Waals surface area contributed by atoms with Gasteiger partial charge in [0.15, 0.2) is 0 Å². The molecule has 0 aliphatic carbocycles. The van der Waals surface area contributed by atoms with Crippen molar-refractivity contribution in [2.45, 2.75) is 6.54 Å². The lowest BCUT2D eigenvalue weighted by molar-refractivity contribution is -0.133. The van der Waals surface area contributed by atoms with Crippen molar-refractivity contribution >= 4 is 17.2 Å². The summed E-state index contributed by atoms with van der Waals surface area (Å²) >= 11 is 1.73. The molecule has 1 aromatic rings. The summed E-state index contributed by atoms with van der Waals surface area (Å²) in [6.07, 6.45) is 0. The van der Waals surface area contributed by atoms with Gasteiger partial charge in [-0.25, -0.2) is 0 Å². The van der Waals surface area contributed by atoms with E-state index < -0.39 is 0 Å². The minimum Gasteiger partial charge on any atom is -0.348 e. The van der Waals surface area contributed by atoms with Crippen LogP contribution in [0.15, 0.2) is 16.8 Å². The minimum atomic E-state index is 0.0844. The lowest BCUT2D eigenvalue weighted by Crippen LogP contribution is -2.39. The van der Waals surface area contributed by atoms with Gasteiger partial charge < -0.3 is 9.80 Å². The Hall–Kier alpha value is -0.910. The van der Waals surface area contributed by atoms with Crippen LogP contribution in [0.1, 0.15) is 5.56 Å². The van der Waals surface area contributed by atoms with Crippen LogP contribution in [-0.4, -0.2) is 67.9 Å². The molecule has 0 aromatic carbocycles. The molecular formula is C14H23N3OS. The van der Waals surface area contributed by atoms with E-state index in [2.05, 4.69) is 33.7 Å². The van der Waals surface area contributed by atoms with Gasteiger partial charge >= 0.3 is 0 Å². The molecule has 1 atom stereocenters. The Bertz CT molecular complexity index is 405. The maximum atomic E-state index is 12.2. The highest BCUT2D eigenvalue weighted by Gasteiger charge is 2.27. The molecule has 1 aliphatic rings. The van der Waals surface area contributed by atoms with Crippen molar-refractivity contribution in [3.8, 4) is 0 Å². The third kappa shape index (κ3) is 4.03. The Morgan fingerprint density at radius 1 is 1.42 bits per heavy atom. The molecule has 0 saturated carbocycles. The number of hydrogen-bond acceptors (Lipinski definition) is 4. The molecule has 1 fully saturated rings. The number of hydrogen-bond donors (Lipinski definition) is 0. The van der Waals surface area contributed by atoms with E-state index >= 15 is 0 Å². The number of carbonyl (C=O) groups is 1. The van der Waals surface area contributed by atoms with E-state index in [4.69, 9.17) is 0 Å². The lowest BCUT2D eigenvalue weighted by Gasteiger charge is -2.25. The van der Waals surface area contributed by atoms with Gasteiger partial charge in [-0.3, -0.25) is 9.69 Å². The first-order chi connectivity index (χ1) is 9.06. The third-order valence-electron chi connectivity index (χ3n) is 3.58. The Morgan fingerprint density at radius 2 is 2.21 bits per heavy atom. The van der Waals surface area contributed by atoms with Crippen LogP contribution in [0.25, 0.3) is 0 Å². The summed E-state index contributed by atoms with van der Waals surface area (Å²) in [6.45, 7) is 4.73. The van der Waals surface area contributed by atoms with Crippen molar-refractivity contribution in [3.05, 3.63) is 22.4 Å². The molecule has 2 rings (SSSR count). The number of rotatable bonds is 3. The highest BCUT2D eigenvalue weighted by atomic mass is 32.1. The first-order valence-corrected chi connectivity index (χ1v) is 7.63. The van der Waals surface area contributed by atoms with Gasteiger partial charge in [0, 0.05) is 46.8 Å². The number of nitrogens with zero attached hydrogens (tertiary/aromatic N) is 3. The highest BCUT2D eigenvalue weighted by Crippen LogP contribution is 2.15. The largest absolute Gasteiger partial charge is 0.348 e. The van der Waals surface area contributed by atoms with Crippen molar-refractivity contribution in [1.82, 2.24) is 14.7 Å².